The van der Waals surface area contributed by atoms with Crippen LogP contribution in [-0.4, -0.2) is 12.6 Å². The average Bonchev–Trinajstić information content (AvgIpc) is 2.27. The van der Waals surface area contributed by atoms with E-state index >= 15 is 0 Å². The maximum Gasteiger partial charge on any atom is 0.00979 e. The molecule has 1 nitrogen and oxygen atoms in total. The van der Waals surface area contributed by atoms with Crippen molar-refractivity contribution in [1.29, 1.82) is 0 Å². The van der Waals surface area contributed by atoms with Crippen LogP contribution in [0.2, 0.25) is 0 Å². The van der Waals surface area contributed by atoms with E-state index in [2.05, 4.69) is 26.1 Å². The molecule has 0 aromatic carbocycles. The average molecular weight is 239 g/mol. The SMILES string of the molecule is CCCNC(CC1CCC1)C(CCC)CCC. The fourth-order valence-corrected chi connectivity index (χ4v) is 3.15. The van der Waals surface area contributed by atoms with Gasteiger partial charge >= 0.3 is 0 Å². The van der Waals surface area contributed by atoms with Crippen molar-refractivity contribution in [3.8, 4) is 0 Å². The van der Waals surface area contributed by atoms with Gasteiger partial charge < -0.3 is 5.32 Å². The van der Waals surface area contributed by atoms with Crippen molar-refractivity contribution in [3.05, 3.63) is 0 Å². The Labute approximate surface area is 109 Å². The molecule has 17 heavy (non-hydrogen) atoms. The molecule has 0 radical (unpaired) electrons. The summed E-state index contributed by atoms with van der Waals surface area (Å²) in [6.07, 6.45) is 12.7. The monoisotopic (exact) mass is 239 g/mol. The molecule has 1 aliphatic carbocycles. The second-order valence-electron chi connectivity index (χ2n) is 5.93. The first kappa shape index (κ1) is 15.0. The van der Waals surface area contributed by atoms with Crippen molar-refractivity contribution in [2.24, 2.45) is 11.8 Å². The first-order chi connectivity index (χ1) is 8.31. The Hall–Kier alpha value is -0.0400. The van der Waals surface area contributed by atoms with Crippen molar-refractivity contribution in [1.82, 2.24) is 5.32 Å². The minimum atomic E-state index is 0.806. The highest BCUT2D eigenvalue weighted by molar-refractivity contribution is 4.82. The summed E-state index contributed by atoms with van der Waals surface area (Å²) < 4.78 is 0. The third kappa shape index (κ3) is 5.42. The smallest absolute Gasteiger partial charge is 0.00979 e. The summed E-state index contributed by atoms with van der Waals surface area (Å²) in [5.74, 6) is 1.97. The summed E-state index contributed by atoms with van der Waals surface area (Å²) in [5.41, 5.74) is 0. The van der Waals surface area contributed by atoms with E-state index in [9.17, 15) is 0 Å². The molecule has 1 aliphatic rings. The third-order valence-electron chi connectivity index (χ3n) is 4.36. The van der Waals surface area contributed by atoms with Gasteiger partial charge in [0.2, 0.25) is 0 Å². The van der Waals surface area contributed by atoms with Crippen LogP contribution in [0.25, 0.3) is 0 Å². The molecule has 0 amide bonds. The summed E-state index contributed by atoms with van der Waals surface area (Å²) in [7, 11) is 0. The Kier molecular flexibility index (Phi) is 7.92. The van der Waals surface area contributed by atoms with Crippen LogP contribution >= 0.6 is 0 Å². The quantitative estimate of drug-likeness (QED) is 0.579. The maximum atomic E-state index is 3.84. The van der Waals surface area contributed by atoms with E-state index in [1.165, 1.54) is 64.3 Å². The Morgan fingerprint density at radius 2 is 1.65 bits per heavy atom. The molecule has 0 saturated heterocycles. The van der Waals surface area contributed by atoms with E-state index in [0.29, 0.717) is 0 Å². The van der Waals surface area contributed by atoms with E-state index in [1.807, 2.05) is 0 Å². The van der Waals surface area contributed by atoms with Crippen molar-refractivity contribution < 1.29 is 0 Å². The van der Waals surface area contributed by atoms with Gasteiger partial charge in [0.1, 0.15) is 0 Å². The van der Waals surface area contributed by atoms with Crippen LogP contribution in [0.5, 0.6) is 0 Å². The summed E-state index contributed by atoms with van der Waals surface area (Å²) in [5, 5.41) is 3.84. The van der Waals surface area contributed by atoms with E-state index in [1.54, 1.807) is 0 Å². The van der Waals surface area contributed by atoms with Gasteiger partial charge in [-0.25, -0.2) is 0 Å². The van der Waals surface area contributed by atoms with Crippen molar-refractivity contribution in [3.63, 3.8) is 0 Å². The Morgan fingerprint density at radius 3 is 2.06 bits per heavy atom. The van der Waals surface area contributed by atoms with Gasteiger partial charge in [-0.05, 0) is 44.1 Å². The third-order valence-corrected chi connectivity index (χ3v) is 4.36. The normalized spacial score (nSPS) is 18.4. The second-order valence-corrected chi connectivity index (χ2v) is 5.93. The van der Waals surface area contributed by atoms with Crippen LogP contribution in [0.15, 0.2) is 0 Å². The summed E-state index contributed by atoms with van der Waals surface area (Å²) in [6, 6.07) is 0.806. The molecule has 1 N–H and O–H groups in total. The van der Waals surface area contributed by atoms with E-state index in [-0.39, 0.29) is 0 Å². The van der Waals surface area contributed by atoms with Gasteiger partial charge in [-0.3, -0.25) is 0 Å². The molecule has 0 aromatic rings. The van der Waals surface area contributed by atoms with Crippen molar-refractivity contribution in [2.75, 3.05) is 6.54 Å². The summed E-state index contributed by atoms with van der Waals surface area (Å²) in [6.45, 7) is 8.16. The molecular weight excluding hydrogens is 206 g/mol. The van der Waals surface area contributed by atoms with Crippen LogP contribution < -0.4 is 5.32 Å². The Balaban J connectivity index is 2.43. The van der Waals surface area contributed by atoms with Gasteiger partial charge in [-0.15, -0.1) is 0 Å². The number of hydrogen-bond acceptors (Lipinski definition) is 1. The maximum absolute atomic E-state index is 3.84. The minimum Gasteiger partial charge on any atom is -0.314 e. The second kappa shape index (κ2) is 8.97. The molecule has 0 aliphatic heterocycles. The molecule has 1 fully saturated rings. The zero-order chi connectivity index (χ0) is 12.5. The summed E-state index contributed by atoms with van der Waals surface area (Å²) >= 11 is 0. The lowest BCUT2D eigenvalue weighted by atomic mass is 9.76. The number of hydrogen-bond donors (Lipinski definition) is 1. The first-order valence-electron chi connectivity index (χ1n) is 8.05. The number of nitrogens with one attached hydrogen (secondary N) is 1. The zero-order valence-corrected chi connectivity index (χ0v) is 12.3. The predicted octanol–water partition coefficient (Wildman–Crippen LogP) is 4.76. The molecule has 0 heterocycles. The molecule has 1 saturated carbocycles. The van der Waals surface area contributed by atoms with Crippen LogP contribution in [0.1, 0.15) is 78.6 Å². The fourth-order valence-electron chi connectivity index (χ4n) is 3.15. The van der Waals surface area contributed by atoms with Gasteiger partial charge in [0.05, 0.1) is 0 Å². The topological polar surface area (TPSA) is 12.0 Å². The lowest BCUT2D eigenvalue weighted by Crippen LogP contribution is -2.39. The standard InChI is InChI=1S/C16H33N/c1-4-8-15(9-5-2)16(17-12-6-3)13-14-10-7-11-14/h14-17H,4-13H2,1-3H3. The van der Waals surface area contributed by atoms with E-state index in [4.69, 9.17) is 0 Å². The lowest BCUT2D eigenvalue weighted by Gasteiger charge is -2.34. The molecular formula is C16H33N. The molecule has 1 rings (SSSR count). The van der Waals surface area contributed by atoms with Gasteiger partial charge in [-0.1, -0.05) is 52.9 Å². The van der Waals surface area contributed by atoms with Gasteiger partial charge in [0.25, 0.3) is 0 Å². The molecule has 1 heteroatoms. The van der Waals surface area contributed by atoms with Gasteiger partial charge in [0, 0.05) is 6.04 Å². The minimum absolute atomic E-state index is 0.806. The fraction of sp³-hybridized carbons (Fsp3) is 1.00. The molecule has 1 unspecified atom stereocenters. The highest BCUT2D eigenvalue weighted by atomic mass is 14.9. The van der Waals surface area contributed by atoms with Crippen LogP contribution in [0.4, 0.5) is 0 Å². The predicted molar refractivity (Wildman–Crippen MR) is 77.3 cm³/mol. The Bertz CT molecular complexity index is 168. The van der Waals surface area contributed by atoms with Gasteiger partial charge in [-0.2, -0.15) is 0 Å². The molecule has 0 aromatic heterocycles. The molecule has 0 bridgehead atoms. The largest absolute Gasteiger partial charge is 0.314 e. The first-order valence-corrected chi connectivity index (χ1v) is 8.05. The molecule has 1 atom stereocenters. The van der Waals surface area contributed by atoms with E-state index < -0.39 is 0 Å². The van der Waals surface area contributed by atoms with E-state index in [0.717, 1.165) is 17.9 Å². The van der Waals surface area contributed by atoms with Crippen LogP contribution in [0, 0.1) is 11.8 Å². The van der Waals surface area contributed by atoms with Gasteiger partial charge in [0.15, 0.2) is 0 Å². The molecule has 102 valence electrons. The highest BCUT2D eigenvalue weighted by Crippen LogP contribution is 2.33. The van der Waals surface area contributed by atoms with Crippen molar-refractivity contribution in [2.45, 2.75) is 84.6 Å². The number of rotatable bonds is 10. The lowest BCUT2D eigenvalue weighted by molar-refractivity contribution is 0.208. The highest BCUT2D eigenvalue weighted by Gasteiger charge is 2.26. The van der Waals surface area contributed by atoms with Crippen molar-refractivity contribution >= 4 is 0 Å². The zero-order valence-electron chi connectivity index (χ0n) is 12.3. The van der Waals surface area contributed by atoms with Crippen LogP contribution in [-0.2, 0) is 0 Å². The van der Waals surface area contributed by atoms with Crippen LogP contribution in [0.3, 0.4) is 0 Å². The Morgan fingerprint density at radius 1 is 1.00 bits per heavy atom. The molecule has 0 spiro atoms. The summed E-state index contributed by atoms with van der Waals surface area (Å²) in [4.78, 5) is 0.